The normalized spacial score (nSPS) is 16.9. The van der Waals surface area contributed by atoms with Gasteiger partial charge < -0.3 is 15.4 Å². The van der Waals surface area contributed by atoms with E-state index >= 15 is 0 Å². The summed E-state index contributed by atoms with van der Waals surface area (Å²) in [6.07, 6.45) is 2.56. The summed E-state index contributed by atoms with van der Waals surface area (Å²) in [7, 11) is -0.634. The minimum atomic E-state index is -3.59. The molecule has 0 bridgehead atoms. The molecule has 0 radical (unpaired) electrons. The minimum Gasteiger partial charge on any atom is -0.492 e. The number of hydrogen-bond acceptors (Lipinski definition) is 5. The first-order valence-electron chi connectivity index (χ1n) is 9.45. The topological polar surface area (TPSA) is 87.7 Å². The van der Waals surface area contributed by atoms with Gasteiger partial charge in [-0.1, -0.05) is 6.92 Å². The summed E-state index contributed by atoms with van der Waals surface area (Å²) in [6.45, 7) is 6.36. The molecule has 1 aromatic rings. The van der Waals surface area contributed by atoms with E-state index in [0.29, 0.717) is 30.4 Å². The number of carbonyl (C=O) groups excluding carboxylic acids is 1. The van der Waals surface area contributed by atoms with Gasteiger partial charge in [-0.2, -0.15) is 0 Å². The molecule has 1 aromatic carbocycles. The monoisotopic (exact) mass is 397 g/mol. The number of piperidine rings is 1. The fraction of sp³-hybridized carbons (Fsp3) is 0.632. The number of sulfonamides is 1. The van der Waals surface area contributed by atoms with E-state index < -0.39 is 10.0 Å². The van der Waals surface area contributed by atoms with Crippen LogP contribution >= 0.6 is 0 Å². The molecule has 7 nitrogen and oxygen atoms in total. The summed E-state index contributed by atoms with van der Waals surface area (Å²) >= 11 is 0. The Labute approximate surface area is 162 Å². The molecule has 1 aliphatic heterocycles. The van der Waals surface area contributed by atoms with E-state index in [1.54, 1.807) is 6.07 Å². The highest BCUT2D eigenvalue weighted by Gasteiger charge is 2.23. The van der Waals surface area contributed by atoms with Crippen LogP contribution in [0.5, 0.6) is 5.75 Å². The predicted octanol–water partition coefficient (Wildman–Crippen LogP) is 2.30. The van der Waals surface area contributed by atoms with E-state index in [-0.39, 0.29) is 16.7 Å². The van der Waals surface area contributed by atoms with Crippen molar-refractivity contribution in [1.29, 1.82) is 0 Å². The van der Waals surface area contributed by atoms with Gasteiger partial charge in [0.2, 0.25) is 15.9 Å². The third kappa shape index (κ3) is 5.67. The molecule has 2 N–H and O–H groups in total. The second-order valence-electron chi connectivity index (χ2n) is 7.20. The first-order chi connectivity index (χ1) is 12.8. The molecule has 1 amide bonds. The van der Waals surface area contributed by atoms with Gasteiger partial charge in [0.15, 0.2) is 0 Å². The number of ether oxygens (including phenoxy) is 1. The first kappa shape index (κ1) is 21.7. The number of amides is 1. The summed E-state index contributed by atoms with van der Waals surface area (Å²) in [5.74, 6) is 1.15. The van der Waals surface area contributed by atoms with Gasteiger partial charge in [-0.25, -0.2) is 12.7 Å². The van der Waals surface area contributed by atoms with E-state index in [1.807, 2.05) is 6.92 Å². The maximum Gasteiger partial charge on any atom is 0.242 e. The number of benzene rings is 1. The summed E-state index contributed by atoms with van der Waals surface area (Å²) in [5.41, 5.74) is 0.391. The Hall–Kier alpha value is -1.64. The van der Waals surface area contributed by atoms with Crippen LogP contribution in [0.25, 0.3) is 0 Å². The Morgan fingerprint density at radius 2 is 2.00 bits per heavy atom. The SMILES string of the molecule is CCOc1ccc(S(=O)(=O)N(C)C)cc1NC(=O)CC(C)C1CCNCC1. The Balaban J connectivity index is 2.15. The van der Waals surface area contributed by atoms with Crippen molar-refractivity contribution in [3.05, 3.63) is 18.2 Å². The molecular weight excluding hydrogens is 366 g/mol. The Bertz CT molecular complexity index is 743. The van der Waals surface area contributed by atoms with Crippen LogP contribution < -0.4 is 15.4 Å². The number of carbonyl (C=O) groups is 1. The lowest BCUT2D eigenvalue weighted by Crippen LogP contribution is -2.32. The summed E-state index contributed by atoms with van der Waals surface area (Å²) in [5, 5.41) is 6.19. The quantitative estimate of drug-likeness (QED) is 0.703. The molecule has 1 aliphatic rings. The van der Waals surface area contributed by atoms with Crippen molar-refractivity contribution in [1.82, 2.24) is 9.62 Å². The summed E-state index contributed by atoms with van der Waals surface area (Å²) < 4.78 is 31.5. The van der Waals surface area contributed by atoms with Gasteiger partial charge in [0.25, 0.3) is 0 Å². The molecule has 1 unspecified atom stereocenters. The number of nitrogens with zero attached hydrogens (tertiary/aromatic N) is 1. The maximum atomic E-state index is 12.6. The summed E-state index contributed by atoms with van der Waals surface area (Å²) in [4.78, 5) is 12.7. The van der Waals surface area contributed by atoms with Crippen LogP contribution in [0.2, 0.25) is 0 Å². The fourth-order valence-electron chi connectivity index (χ4n) is 3.33. The van der Waals surface area contributed by atoms with Crippen LogP contribution in [0.15, 0.2) is 23.1 Å². The van der Waals surface area contributed by atoms with Gasteiger partial charge in [-0.3, -0.25) is 4.79 Å². The van der Waals surface area contributed by atoms with Gasteiger partial charge >= 0.3 is 0 Å². The number of anilines is 1. The molecule has 0 aliphatic carbocycles. The average molecular weight is 398 g/mol. The second kappa shape index (κ2) is 9.52. The lowest BCUT2D eigenvalue weighted by atomic mass is 9.84. The molecule has 1 fully saturated rings. The van der Waals surface area contributed by atoms with E-state index in [1.165, 1.54) is 26.2 Å². The van der Waals surface area contributed by atoms with E-state index in [2.05, 4.69) is 17.6 Å². The van der Waals surface area contributed by atoms with E-state index in [4.69, 9.17) is 4.74 Å². The van der Waals surface area contributed by atoms with Crippen molar-refractivity contribution in [3.63, 3.8) is 0 Å². The van der Waals surface area contributed by atoms with Crippen LogP contribution in [0, 0.1) is 11.8 Å². The third-order valence-electron chi connectivity index (χ3n) is 5.00. The molecule has 1 atom stereocenters. The van der Waals surface area contributed by atoms with Gasteiger partial charge in [0, 0.05) is 20.5 Å². The highest BCUT2D eigenvalue weighted by molar-refractivity contribution is 7.89. The van der Waals surface area contributed by atoms with Crippen LogP contribution in [-0.4, -0.2) is 52.4 Å². The maximum absolute atomic E-state index is 12.6. The van der Waals surface area contributed by atoms with Crippen LogP contribution in [0.1, 0.15) is 33.1 Å². The van der Waals surface area contributed by atoms with Crippen molar-refractivity contribution in [3.8, 4) is 5.75 Å². The Kier molecular flexibility index (Phi) is 7.64. The largest absolute Gasteiger partial charge is 0.492 e. The number of rotatable bonds is 8. The minimum absolute atomic E-state index is 0.123. The van der Waals surface area contributed by atoms with Gasteiger partial charge in [0.1, 0.15) is 5.75 Å². The molecule has 0 aromatic heterocycles. The highest BCUT2D eigenvalue weighted by atomic mass is 32.2. The molecular formula is C19H31N3O4S. The molecule has 2 rings (SSSR count). The van der Waals surface area contributed by atoms with Crippen molar-refractivity contribution in [2.45, 2.75) is 38.0 Å². The zero-order valence-electron chi connectivity index (χ0n) is 16.6. The summed E-state index contributed by atoms with van der Waals surface area (Å²) in [6, 6.07) is 4.55. The molecule has 27 heavy (non-hydrogen) atoms. The molecule has 0 saturated carbocycles. The van der Waals surface area contributed by atoms with Crippen LogP contribution in [0.4, 0.5) is 5.69 Å². The van der Waals surface area contributed by atoms with Crippen molar-refractivity contribution in [2.24, 2.45) is 11.8 Å². The predicted molar refractivity (Wildman–Crippen MR) is 106 cm³/mol. The highest BCUT2D eigenvalue weighted by Crippen LogP contribution is 2.30. The third-order valence-corrected chi connectivity index (χ3v) is 6.81. The zero-order valence-corrected chi connectivity index (χ0v) is 17.4. The van der Waals surface area contributed by atoms with E-state index in [9.17, 15) is 13.2 Å². The fourth-order valence-corrected chi connectivity index (χ4v) is 4.26. The Morgan fingerprint density at radius 1 is 1.33 bits per heavy atom. The Morgan fingerprint density at radius 3 is 2.59 bits per heavy atom. The molecule has 152 valence electrons. The second-order valence-corrected chi connectivity index (χ2v) is 9.35. The van der Waals surface area contributed by atoms with Gasteiger partial charge in [-0.05, 0) is 62.9 Å². The number of hydrogen-bond donors (Lipinski definition) is 2. The van der Waals surface area contributed by atoms with Gasteiger partial charge in [-0.15, -0.1) is 0 Å². The molecule has 1 saturated heterocycles. The molecule has 8 heteroatoms. The zero-order chi connectivity index (χ0) is 20.0. The van der Waals surface area contributed by atoms with Crippen molar-refractivity contribution < 1.29 is 17.9 Å². The van der Waals surface area contributed by atoms with Crippen molar-refractivity contribution >= 4 is 21.6 Å². The first-order valence-corrected chi connectivity index (χ1v) is 10.9. The lowest BCUT2D eigenvalue weighted by molar-refractivity contribution is -0.117. The average Bonchev–Trinajstić information content (AvgIpc) is 2.63. The number of nitrogens with one attached hydrogen (secondary N) is 2. The van der Waals surface area contributed by atoms with Gasteiger partial charge in [0.05, 0.1) is 17.2 Å². The lowest BCUT2D eigenvalue weighted by Gasteiger charge is -2.28. The van der Waals surface area contributed by atoms with E-state index in [0.717, 1.165) is 30.2 Å². The standard InChI is InChI=1S/C19H31N3O4S/c1-5-26-18-7-6-16(27(24,25)22(3)4)13-17(18)21-19(23)12-14(2)15-8-10-20-11-9-15/h6-7,13-15,20H,5,8-12H2,1-4H3,(H,21,23). The smallest absolute Gasteiger partial charge is 0.242 e. The molecule has 0 spiro atoms. The van der Waals surface area contributed by atoms with Crippen LogP contribution in [-0.2, 0) is 14.8 Å². The molecule has 1 heterocycles. The van der Waals surface area contributed by atoms with Crippen molar-refractivity contribution in [2.75, 3.05) is 39.1 Å². The van der Waals surface area contributed by atoms with Crippen LogP contribution in [0.3, 0.4) is 0 Å².